The molecular weight excluding hydrogens is 314 g/mol. The van der Waals surface area contributed by atoms with Crippen molar-refractivity contribution in [3.8, 4) is 11.4 Å². The van der Waals surface area contributed by atoms with Crippen LogP contribution in [0, 0.1) is 4.77 Å². The van der Waals surface area contributed by atoms with Crippen LogP contribution in [-0.2, 0) is 22.7 Å². The predicted molar refractivity (Wildman–Crippen MR) is 87.7 cm³/mol. The van der Waals surface area contributed by atoms with Crippen LogP contribution >= 0.6 is 12.2 Å². The van der Waals surface area contributed by atoms with Crippen LogP contribution in [0.4, 0.5) is 0 Å². The van der Waals surface area contributed by atoms with Crippen LogP contribution in [0.25, 0.3) is 11.4 Å². The van der Waals surface area contributed by atoms with Crippen molar-refractivity contribution in [2.24, 2.45) is 0 Å². The number of pyridine rings is 1. The van der Waals surface area contributed by atoms with Crippen molar-refractivity contribution in [2.45, 2.75) is 13.2 Å². The minimum absolute atomic E-state index is 0.600. The highest BCUT2D eigenvalue weighted by atomic mass is 32.1. The van der Waals surface area contributed by atoms with Gasteiger partial charge in [0.05, 0.1) is 26.4 Å². The normalized spacial score (nSPS) is 15.9. The van der Waals surface area contributed by atoms with Gasteiger partial charge in [-0.25, -0.2) is 0 Å². The zero-order valence-corrected chi connectivity index (χ0v) is 14.1. The molecule has 0 radical (unpaired) electrons. The molecule has 1 aliphatic rings. The number of hydrogen-bond acceptors (Lipinski definition) is 5. The quantitative estimate of drug-likeness (QED) is 0.752. The fraction of sp³-hybridized carbons (Fsp3) is 0.533. The molecule has 0 saturated carbocycles. The summed E-state index contributed by atoms with van der Waals surface area (Å²) < 4.78 is 15.3. The Kier molecular flexibility index (Phi) is 5.50. The maximum atomic E-state index is 5.64. The van der Waals surface area contributed by atoms with Crippen LogP contribution < -0.4 is 4.90 Å². The molecule has 0 aromatic carbocycles. The molecule has 0 amide bonds. The molecule has 3 rings (SSSR count). The molecule has 1 N–H and O–H groups in total. The zero-order chi connectivity index (χ0) is 16.1. The standard InChI is InChI=1S/C15H21N5O2S/c1-21-9-8-19-14(13-2-4-16-5-3-13)17-20(15(19)23)12-18-6-10-22-11-7-18/h2-5H,6-12H2,1H3/p+1. The third-order valence-electron chi connectivity index (χ3n) is 3.95. The number of rotatable bonds is 6. The monoisotopic (exact) mass is 336 g/mol. The van der Waals surface area contributed by atoms with E-state index in [1.807, 2.05) is 21.4 Å². The molecule has 0 atom stereocenters. The highest BCUT2D eigenvalue weighted by molar-refractivity contribution is 7.71. The molecule has 2 aromatic heterocycles. The molecule has 0 unspecified atom stereocenters. The number of ether oxygens (including phenoxy) is 2. The second-order valence-corrected chi connectivity index (χ2v) is 5.87. The molecule has 1 fully saturated rings. The van der Waals surface area contributed by atoms with Gasteiger partial charge in [-0.3, -0.25) is 9.55 Å². The minimum Gasteiger partial charge on any atom is -0.383 e. The summed E-state index contributed by atoms with van der Waals surface area (Å²) in [5.41, 5.74) is 1.01. The van der Waals surface area contributed by atoms with E-state index in [0.717, 1.165) is 49.1 Å². The zero-order valence-electron chi connectivity index (χ0n) is 13.3. The van der Waals surface area contributed by atoms with E-state index < -0.39 is 0 Å². The van der Waals surface area contributed by atoms with Crippen LogP contribution in [0.5, 0.6) is 0 Å². The van der Waals surface area contributed by atoms with Crippen LogP contribution in [-0.4, -0.2) is 59.4 Å². The molecule has 7 nitrogen and oxygen atoms in total. The number of morpholine rings is 1. The maximum absolute atomic E-state index is 5.64. The minimum atomic E-state index is 0.600. The largest absolute Gasteiger partial charge is 0.383 e. The van der Waals surface area contributed by atoms with Crippen LogP contribution in [0.2, 0.25) is 0 Å². The molecule has 2 aromatic rings. The summed E-state index contributed by atoms with van der Waals surface area (Å²) in [6.07, 6.45) is 3.54. The van der Waals surface area contributed by atoms with E-state index in [9.17, 15) is 0 Å². The Morgan fingerprint density at radius 2 is 2.04 bits per heavy atom. The lowest BCUT2D eigenvalue weighted by atomic mass is 10.2. The first-order valence-corrected chi connectivity index (χ1v) is 8.18. The topological polar surface area (TPSA) is 58.5 Å². The van der Waals surface area contributed by atoms with Gasteiger partial charge in [0.25, 0.3) is 0 Å². The lowest BCUT2D eigenvalue weighted by Gasteiger charge is -2.23. The molecule has 1 saturated heterocycles. The van der Waals surface area contributed by atoms with Crippen molar-refractivity contribution < 1.29 is 14.4 Å². The van der Waals surface area contributed by atoms with Gasteiger partial charge in [0.15, 0.2) is 12.5 Å². The average Bonchev–Trinajstić information content (AvgIpc) is 2.91. The molecule has 0 aliphatic carbocycles. The van der Waals surface area contributed by atoms with E-state index in [0.29, 0.717) is 13.2 Å². The molecule has 8 heteroatoms. The molecular formula is C15H22N5O2S+. The summed E-state index contributed by atoms with van der Waals surface area (Å²) in [5, 5.41) is 4.76. The van der Waals surface area contributed by atoms with Gasteiger partial charge in [0, 0.05) is 25.1 Å². The summed E-state index contributed by atoms with van der Waals surface area (Å²) in [6.45, 7) is 5.61. The van der Waals surface area contributed by atoms with Gasteiger partial charge in [-0.2, -0.15) is 4.68 Å². The Balaban J connectivity index is 1.91. The second kappa shape index (κ2) is 7.78. The first-order chi connectivity index (χ1) is 11.3. The summed E-state index contributed by atoms with van der Waals surface area (Å²) >= 11 is 5.64. The average molecular weight is 336 g/mol. The van der Waals surface area contributed by atoms with E-state index in [1.165, 1.54) is 4.90 Å². The number of methoxy groups -OCH3 is 1. The highest BCUT2D eigenvalue weighted by Gasteiger charge is 2.18. The van der Waals surface area contributed by atoms with Gasteiger partial charge in [-0.05, 0) is 24.4 Å². The fourth-order valence-electron chi connectivity index (χ4n) is 2.67. The van der Waals surface area contributed by atoms with Gasteiger partial charge >= 0.3 is 0 Å². The van der Waals surface area contributed by atoms with Gasteiger partial charge < -0.3 is 14.4 Å². The van der Waals surface area contributed by atoms with E-state index >= 15 is 0 Å². The van der Waals surface area contributed by atoms with Crippen LogP contribution in [0.15, 0.2) is 24.5 Å². The predicted octanol–water partition coefficient (Wildman–Crippen LogP) is -0.00491. The number of aromatic nitrogens is 4. The summed E-state index contributed by atoms with van der Waals surface area (Å²) in [5.74, 6) is 0.863. The van der Waals surface area contributed by atoms with Gasteiger partial charge in [-0.1, -0.05) is 0 Å². The van der Waals surface area contributed by atoms with Crippen molar-refractivity contribution in [3.05, 3.63) is 29.3 Å². The Hall–Kier alpha value is -1.61. The van der Waals surface area contributed by atoms with Crippen LogP contribution in [0.1, 0.15) is 0 Å². The van der Waals surface area contributed by atoms with Crippen molar-refractivity contribution >= 4 is 12.2 Å². The summed E-state index contributed by atoms with van der Waals surface area (Å²) in [7, 11) is 1.69. The van der Waals surface area contributed by atoms with Crippen molar-refractivity contribution in [3.63, 3.8) is 0 Å². The molecule has 1 aliphatic heterocycles. The number of hydrogen-bond donors (Lipinski definition) is 1. The van der Waals surface area contributed by atoms with Crippen molar-refractivity contribution in [1.82, 2.24) is 19.3 Å². The third kappa shape index (κ3) is 3.84. The van der Waals surface area contributed by atoms with Gasteiger partial charge in [0.1, 0.15) is 13.1 Å². The first-order valence-electron chi connectivity index (χ1n) is 7.78. The Labute approximate surface area is 140 Å². The molecule has 124 valence electrons. The second-order valence-electron chi connectivity index (χ2n) is 5.51. The highest BCUT2D eigenvalue weighted by Crippen LogP contribution is 2.17. The SMILES string of the molecule is COCCn1c(-c2ccncc2)nn(C[NH+]2CCOCC2)c1=S. The maximum Gasteiger partial charge on any atom is 0.203 e. The van der Waals surface area contributed by atoms with Gasteiger partial charge in [-0.15, -0.1) is 5.10 Å². The lowest BCUT2D eigenvalue weighted by molar-refractivity contribution is -0.930. The fourth-order valence-corrected chi connectivity index (χ4v) is 2.96. The third-order valence-corrected chi connectivity index (χ3v) is 4.38. The van der Waals surface area contributed by atoms with Crippen molar-refractivity contribution in [1.29, 1.82) is 0 Å². The Morgan fingerprint density at radius 1 is 1.30 bits per heavy atom. The van der Waals surface area contributed by atoms with E-state index in [-0.39, 0.29) is 0 Å². The Bertz CT molecular complexity index is 679. The number of nitrogens with zero attached hydrogens (tertiary/aromatic N) is 4. The summed E-state index contributed by atoms with van der Waals surface area (Å²) in [6, 6.07) is 3.90. The van der Waals surface area contributed by atoms with E-state index in [2.05, 4.69) is 4.98 Å². The molecule has 0 bridgehead atoms. The molecule has 23 heavy (non-hydrogen) atoms. The number of quaternary nitrogens is 1. The van der Waals surface area contributed by atoms with Gasteiger partial charge in [0.2, 0.25) is 4.77 Å². The van der Waals surface area contributed by atoms with E-state index in [4.69, 9.17) is 26.8 Å². The van der Waals surface area contributed by atoms with Crippen LogP contribution in [0.3, 0.4) is 0 Å². The first kappa shape index (κ1) is 16.3. The summed E-state index contributed by atoms with van der Waals surface area (Å²) in [4.78, 5) is 5.51. The number of nitrogens with one attached hydrogen (secondary N) is 1. The molecule has 0 spiro atoms. The van der Waals surface area contributed by atoms with E-state index in [1.54, 1.807) is 19.5 Å². The smallest absolute Gasteiger partial charge is 0.203 e. The lowest BCUT2D eigenvalue weighted by Crippen LogP contribution is -3.13. The Morgan fingerprint density at radius 3 is 2.74 bits per heavy atom. The molecule has 3 heterocycles. The van der Waals surface area contributed by atoms with Crippen molar-refractivity contribution in [2.75, 3.05) is 40.0 Å².